The van der Waals surface area contributed by atoms with Crippen LogP contribution in [-0.2, 0) is 4.79 Å². The molecule has 7 heteroatoms. The first-order valence-corrected chi connectivity index (χ1v) is 7.83. The SMILES string of the molecule is CCCC1(O)C=C2C(=O)N(c3ccc(OC(F)(F)F)cc3)C[C@H]2C1. The lowest BCUT2D eigenvalue weighted by Gasteiger charge is -2.23. The molecular weight excluding hydrogens is 323 g/mol. The largest absolute Gasteiger partial charge is 0.573 e. The molecule has 24 heavy (non-hydrogen) atoms. The first kappa shape index (κ1) is 16.8. The van der Waals surface area contributed by atoms with Crippen LogP contribution < -0.4 is 9.64 Å². The topological polar surface area (TPSA) is 49.8 Å². The van der Waals surface area contributed by atoms with E-state index in [2.05, 4.69) is 4.74 Å². The van der Waals surface area contributed by atoms with Crippen molar-refractivity contribution in [1.82, 2.24) is 0 Å². The van der Waals surface area contributed by atoms with Gasteiger partial charge in [-0.05, 0) is 43.2 Å². The van der Waals surface area contributed by atoms with E-state index in [1.807, 2.05) is 6.92 Å². The fourth-order valence-corrected chi connectivity index (χ4v) is 3.52. The van der Waals surface area contributed by atoms with E-state index < -0.39 is 12.0 Å². The monoisotopic (exact) mass is 341 g/mol. The lowest BCUT2D eigenvalue weighted by Crippen LogP contribution is -2.30. The summed E-state index contributed by atoms with van der Waals surface area (Å²) in [7, 11) is 0. The minimum Gasteiger partial charge on any atom is -0.406 e. The van der Waals surface area contributed by atoms with Gasteiger partial charge in [-0.25, -0.2) is 0 Å². The van der Waals surface area contributed by atoms with Gasteiger partial charge in [-0.2, -0.15) is 0 Å². The lowest BCUT2D eigenvalue weighted by atomic mass is 9.94. The van der Waals surface area contributed by atoms with Crippen molar-refractivity contribution in [2.45, 2.75) is 38.1 Å². The summed E-state index contributed by atoms with van der Waals surface area (Å²) in [6, 6.07) is 5.23. The standard InChI is InChI=1S/C17H18F3NO3/c1-2-7-16(23)8-11-10-21(15(22)14(11)9-16)12-3-5-13(6-4-12)24-17(18,19)20/h3-6,9,11,23H,2,7-8,10H2,1H3/t11-,16?/m1/s1. The number of amides is 1. The quantitative estimate of drug-likeness (QED) is 0.913. The number of rotatable bonds is 4. The second kappa shape index (κ2) is 5.81. The van der Waals surface area contributed by atoms with Gasteiger partial charge in [0.15, 0.2) is 0 Å². The van der Waals surface area contributed by atoms with E-state index in [4.69, 9.17) is 0 Å². The highest BCUT2D eigenvalue weighted by atomic mass is 19.4. The molecule has 1 N–H and O–H groups in total. The van der Waals surface area contributed by atoms with E-state index in [-0.39, 0.29) is 17.6 Å². The highest BCUT2D eigenvalue weighted by Gasteiger charge is 2.46. The summed E-state index contributed by atoms with van der Waals surface area (Å²) in [5.74, 6) is -0.564. The zero-order valence-electron chi connectivity index (χ0n) is 13.1. The summed E-state index contributed by atoms with van der Waals surface area (Å²) in [6.45, 7) is 2.40. The van der Waals surface area contributed by atoms with Crippen LogP contribution in [0, 0.1) is 5.92 Å². The molecule has 2 aliphatic rings. The molecule has 1 aliphatic heterocycles. The molecule has 1 saturated heterocycles. The van der Waals surface area contributed by atoms with E-state index in [0.29, 0.717) is 30.6 Å². The number of aliphatic hydroxyl groups is 1. The van der Waals surface area contributed by atoms with Crippen LogP contribution in [0.5, 0.6) is 5.75 Å². The Morgan fingerprint density at radius 1 is 1.33 bits per heavy atom. The average molecular weight is 341 g/mol. The van der Waals surface area contributed by atoms with Gasteiger partial charge in [0, 0.05) is 23.7 Å². The minimum absolute atomic E-state index is 0.0415. The molecule has 0 bridgehead atoms. The van der Waals surface area contributed by atoms with Crippen molar-refractivity contribution in [3.8, 4) is 5.75 Å². The van der Waals surface area contributed by atoms with Gasteiger partial charge in [-0.15, -0.1) is 13.2 Å². The molecular formula is C17H18F3NO3. The number of alkyl halides is 3. The molecule has 1 aromatic rings. The molecule has 0 spiro atoms. The molecule has 4 nitrogen and oxygen atoms in total. The van der Waals surface area contributed by atoms with Crippen LogP contribution in [0.4, 0.5) is 18.9 Å². The van der Waals surface area contributed by atoms with Crippen LogP contribution in [0.1, 0.15) is 26.2 Å². The smallest absolute Gasteiger partial charge is 0.406 e. The molecule has 1 fully saturated rings. The van der Waals surface area contributed by atoms with Crippen LogP contribution >= 0.6 is 0 Å². The van der Waals surface area contributed by atoms with Gasteiger partial charge in [0.2, 0.25) is 0 Å². The zero-order chi connectivity index (χ0) is 17.5. The number of nitrogens with zero attached hydrogens (tertiary/aromatic N) is 1. The Balaban J connectivity index is 1.75. The lowest BCUT2D eigenvalue weighted by molar-refractivity contribution is -0.274. The van der Waals surface area contributed by atoms with E-state index in [1.54, 1.807) is 6.08 Å². The number of hydrogen-bond acceptors (Lipinski definition) is 3. The van der Waals surface area contributed by atoms with Crippen molar-refractivity contribution in [3.63, 3.8) is 0 Å². The molecule has 3 rings (SSSR count). The molecule has 1 aromatic carbocycles. The number of carbonyl (C=O) groups is 1. The summed E-state index contributed by atoms with van der Waals surface area (Å²) in [5, 5.41) is 10.4. The zero-order valence-corrected chi connectivity index (χ0v) is 13.1. The Kier molecular flexibility index (Phi) is 4.07. The van der Waals surface area contributed by atoms with Gasteiger partial charge in [0.1, 0.15) is 5.75 Å². The molecule has 2 atom stereocenters. The number of fused-ring (bicyclic) bond motifs is 1. The summed E-state index contributed by atoms with van der Waals surface area (Å²) in [5.41, 5.74) is 0.200. The van der Waals surface area contributed by atoms with Crippen molar-refractivity contribution >= 4 is 11.6 Å². The summed E-state index contributed by atoms with van der Waals surface area (Å²) >= 11 is 0. The van der Waals surface area contributed by atoms with E-state index in [1.165, 1.54) is 29.2 Å². The third-order valence-corrected chi connectivity index (χ3v) is 4.42. The number of halogens is 3. The maximum absolute atomic E-state index is 12.5. The minimum atomic E-state index is -4.74. The highest BCUT2D eigenvalue weighted by molar-refractivity contribution is 6.09. The fraction of sp³-hybridized carbons (Fsp3) is 0.471. The molecule has 1 unspecified atom stereocenters. The average Bonchev–Trinajstić information content (AvgIpc) is 2.94. The Hall–Kier alpha value is -2.02. The maximum atomic E-state index is 12.5. The van der Waals surface area contributed by atoms with Crippen LogP contribution in [0.25, 0.3) is 0 Å². The van der Waals surface area contributed by atoms with Crippen LogP contribution in [0.15, 0.2) is 35.9 Å². The molecule has 1 aliphatic carbocycles. The van der Waals surface area contributed by atoms with Crippen LogP contribution in [0.3, 0.4) is 0 Å². The number of hydrogen-bond donors (Lipinski definition) is 1. The van der Waals surface area contributed by atoms with Gasteiger partial charge < -0.3 is 14.7 Å². The molecule has 0 saturated carbocycles. The fourth-order valence-electron chi connectivity index (χ4n) is 3.52. The van der Waals surface area contributed by atoms with Crippen molar-refractivity contribution in [3.05, 3.63) is 35.9 Å². The van der Waals surface area contributed by atoms with Crippen molar-refractivity contribution in [2.24, 2.45) is 5.92 Å². The van der Waals surface area contributed by atoms with Crippen LogP contribution in [0.2, 0.25) is 0 Å². The van der Waals surface area contributed by atoms with Gasteiger partial charge >= 0.3 is 6.36 Å². The highest BCUT2D eigenvalue weighted by Crippen LogP contribution is 2.43. The van der Waals surface area contributed by atoms with Crippen molar-refractivity contribution in [2.75, 3.05) is 11.4 Å². The molecule has 130 valence electrons. The Labute approximate surface area is 137 Å². The summed E-state index contributed by atoms with van der Waals surface area (Å²) in [4.78, 5) is 14.1. The molecule has 0 radical (unpaired) electrons. The van der Waals surface area contributed by atoms with Gasteiger partial charge in [-0.3, -0.25) is 4.79 Å². The molecule has 1 amide bonds. The number of benzene rings is 1. The van der Waals surface area contributed by atoms with Crippen molar-refractivity contribution in [1.29, 1.82) is 0 Å². The van der Waals surface area contributed by atoms with Crippen LogP contribution in [-0.4, -0.2) is 29.5 Å². The van der Waals surface area contributed by atoms with Gasteiger partial charge in [0.25, 0.3) is 5.91 Å². The summed E-state index contributed by atoms with van der Waals surface area (Å²) in [6.07, 6.45) is -1.13. The maximum Gasteiger partial charge on any atom is 0.573 e. The van der Waals surface area contributed by atoms with Gasteiger partial charge in [0.05, 0.1) is 5.60 Å². The first-order chi connectivity index (χ1) is 11.2. The second-order valence-electron chi connectivity index (χ2n) is 6.31. The predicted octanol–water partition coefficient (Wildman–Crippen LogP) is 3.41. The Morgan fingerprint density at radius 3 is 2.54 bits per heavy atom. The van der Waals surface area contributed by atoms with E-state index in [0.717, 1.165) is 6.42 Å². The third kappa shape index (κ3) is 3.26. The summed E-state index contributed by atoms with van der Waals surface area (Å²) < 4.78 is 40.4. The number of anilines is 1. The third-order valence-electron chi connectivity index (χ3n) is 4.42. The Bertz CT molecular complexity index is 669. The second-order valence-corrected chi connectivity index (χ2v) is 6.31. The van der Waals surface area contributed by atoms with Crippen molar-refractivity contribution < 1.29 is 27.8 Å². The molecule has 1 heterocycles. The number of carbonyl (C=O) groups excluding carboxylic acids is 1. The first-order valence-electron chi connectivity index (χ1n) is 7.83. The van der Waals surface area contributed by atoms with E-state index >= 15 is 0 Å². The normalized spacial score (nSPS) is 26.5. The Morgan fingerprint density at radius 2 is 2.00 bits per heavy atom. The van der Waals surface area contributed by atoms with Gasteiger partial charge in [-0.1, -0.05) is 13.3 Å². The van der Waals surface area contributed by atoms with E-state index in [9.17, 15) is 23.1 Å². The molecule has 0 aromatic heterocycles. The predicted molar refractivity (Wildman–Crippen MR) is 81.5 cm³/mol. The number of ether oxygens (including phenoxy) is 1.